The second kappa shape index (κ2) is 11.1. The molecule has 0 aliphatic rings. The van der Waals surface area contributed by atoms with Crippen LogP contribution >= 0.6 is 22.6 Å². The molecule has 3 aromatic rings. The van der Waals surface area contributed by atoms with Gasteiger partial charge in [0.2, 0.25) is 5.88 Å². The Hall–Kier alpha value is -3.23. The fraction of sp³-hybridized carbons (Fsp3) is 0.250. The molecule has 1 amide bonds. The minimum atomic E-state index is -0.460. The van der Waals surface area contributed by atoms with Gasteiger partial charge in [-0.1, -0.05) is 0 Å². The van der Waals surface area contributed by atoms with Gasteiger partial charge in [0, 0.05) is 44.6 Å². The quantitative estimate of drug-likeness (QED) is 0.257. The van der Waals surface area contributed by atoms with Crippen LogP contribution in [0.4, 0.5) is 0 Å². The van der Waals surface area contributed by atoms with E-state index in [2.05, 4.69) is 73.0 Å². The van der Waals surface area contributed by atoms with Crippen LogP contribution < -0.4 is 10.2 Å². The van der Waals surface area contributed by atoms with E-state index in [1.165, 1.54) is 3.57 Å². The van der Waals surface area contributed by atoms with Crippen molar-refractivity contribution in [2.45, 2.75) is 27.4 Å². The fourth-order valence-electron chi connectivity index (χ4n) is 3.45. The molecular weight excluding hydrogens is 533 g/mol. The molecule has 0 aliphatic carbocycles. The Morgan fingerprint density at radius 1 is 1.27 bits per heavy atom. The monoisotopic (exact) mass is 557 g/mol. The molecule has 1 aromatic carbocycles. The van der Waals surface area contributed by atoms with Gasteiger partial charge in [-0.3, -0.25) is 4.79 Å². The molecular formula is C24H24IN5O3. The number of carbonyl (C=O) groups is 1. The third-order valence-electron chi connectivity index (χ3n) is 4.90. The van der Waals surface area contributed by atoms with Gasteiger partial charge in [-0.25, -0.2) is 10.4 Å². The lowest BCUT2D eigenvalue weighted by atomic mass is 10.1. The van der Waals surface area contributed by atoms with E-state index in [1.807, 2.05) is 19.9 Å². The third-order valence-corrected chi connectivity index (χ3v) is 5.61. The fourth-order valence-corrected chi connectivity index (χ4v) is 3.81. The van der Waals surface area contributed by atoms with Gasteiger partial charge in [-0.05, 0) is 79.8 Å². The Bertz CT molecular complexity index is 1230. The first-order valence-corrected chi connectivity index (χ1v) is 11.2. The number of aromatic nitrogens is 2. The van der Waals surface area contributed by atoms with Crippen molar-refractivity contribution in [3.05, 3.63) is 73.7 Å². The van der Waals surface area contributed by atoms with Crippen molar-refractivity contribution in [3.63, 3.8) is 0 Å². The summed E-state index contributed by atoms with van der Waals surface area (Å²) in [6.07, 6.45) is 1.60. The maximum atomic E-state index is 12.2. The average Bonchev–Trinajstić information content (AvgIpc) is 3.06. The highest BCUT2D eigenvalue weighted by molar-refractivity contribution is 14.1. The molecule has 1 N–H and O–H groups in total. The molecule has 0 spiro atoms. The Morgan fingerprint density at radius 3 is 2.67 bits per heavy atom. The van der Waals surface area contributed by atoms with Crippen LogP contribution in [0.5, 0.6) is 5.88 Å². The second-order valence-electron chi connectivity index (χ2n) is 7.37. The number of halogens is 1. The predicted octanol–water partition coefficient (Wildman–Crippen LogP) is 3.95. The molecule has 33 heavy (non-hydrogen) atoms. The highest BCUT2D eigenvalue weighted by atomic mass is 127. The van der Waals surface area contributed by atoms with Crippen molar-refractivity contribution in [2.75, 3.05) is 13.7 Å². The van der Waals surface area contributed by atoms with Crippen LogP contribution in [0, 0.1) is 35.7 Å². The lowest BCUT2D eigenvalue weighted by Gasteiger charge is -2.10. The Labute approximate surface area is 206 Å². The topological polar surface area (TPSA) is 102 Å². The van der Waals surface area contributed by atoms with Crippen LogP contribution in [0.1, 0.15) is 33.8 Å². The number of carbonyl (C=O) groups excluding carboxylic acids is 1. The number of rotatable bonds is 8. The minimum absolute atomic E-state index is 0.102. The number of aryl methyl sites for hydroxylation is 2. The lowest BCUT2D eigenvalue weighted by molar-refractivity contribution is -0.123. The van der Waals surface area contributed by atoms with E-state index in [1.54, 1.807) is 26.3 Å². The van der Waals surface area contributed by atoms with Crippen molar-refractivity contribution < 1.29 is 14.3 Å². The Kier molecular flexibility index (Phi) is 8.19. The van der Waals surface area contributed by atoms with Gasteiger partial charge < -0.3 is 14.0 Å². The smallest absolute Gasteiger partial charge is 0.278 e. The second-order valence-corrected chi connectivity index (χ2v) is 8.61. The maximum Gasteiger partial charge on any atom is 0.278 e. The van der Waals surface area contributed by atoms with Crippen LogP contribution in [-0.2, 0) is 16.1 Å². The van der Waals surface area contributed by atoms with Gasteiger partial charge in [-0.15, -0.1) is 0 Å². The van der Waals surface area contributed by atoms with Crippen molar-refractivity contribution in [1.82, 2.24) is 15.0 Å². The SMILES string of the molecule is COCc1cc(C)nc(OCC(=O)N/N=C/c2cc(C)n(-c3ccc(I)cc3)c2C)c1C#N. The van der Waals surface area contributed by atoms with Gasteiger partial charge >= 0.3 is 0 Å². The molecule has 0 saturated heterocycles. The number of hydrazone groups is 1. The van der Waals surface area contributed by atoms with Crippen molar-refractivity contribution in [2.24, 2.45) is 5.10 Å². The zero-order chi connectivity index (χ0) is 24.0. The summed E-state index contributed by atoms with van der Waals surface area (Å²) in [4.78, 5) is 16.4. The summed E-state index contributed by atoms with van der Waals surface area (Å²) in [5, 5.41) is 13.5. The number of amides is 1. The number of nitrogens with one attached hydrogen (secondary N) is 1. The summed E-state index contributed by atoms with van der Waals surface area (Å²) >= 11 is 2.28. The van der Waals surface area contributed by atoms with Gasteiger partial charge in [0.1, 0.15) is 11.6 Å². The van der Waals surface area contributed by atoms with Gasteiger partial charge in [0.25, 0.3) is 5.91 Å². The van der Waals surface area contributed by atoms with Crippen molar-refractivity contribution >= 4 is 34.7 Å². The zero-order valence-electron chi connectivity index (χ0n) is 18.8. The number of pyridine rings is 1. The summed E-state index contributed by atoms with van der Waals surface area (Å²) in [5.74, 6) is -0.358. The number of methoxy groups -OCH3 is 1. The highest BCUT2D eigenvalue weighted by Gasteiger charge is 2.14. The largest absolute Gasteiger partial charge is 0.467 e. The van der Waals surface area contributed by atoms with Crippen LogP contribution in [-0.4, -0.2) is 35.4 Å². The normalized spacial score (nSPS) is 10.9. The van der Waals surface area contributed by atoms with Crippen molar-refractivity contribution in [3.8, 4) is 17.6 Å². The number of nitrogens with zero attached hydrogens (tertiary/aromatic N) is 4. The Morgan fingerprint density at radius 2 is 2.00 bits per heavy atom. The molecule has 0 aliphatic heterocycles. The summed E-state index contributed by atoms with van der Waals surface area (Å²) in [6.45, 7) is 5.73. The van der Waals surface area contributed by atoms with E-state index in [9.17, 15) is 10.1 Å². The molecule has 3 rings (SSSR count). The summed E-state index contributed by atoms with van der Waals surface area (Å²) in [5.41, 5.74) is 8.06. The van der Waals surface area contributed by atoms with E-state index >= 15 is 0 Å². The van der Waals surface area contributed by atoms with E-state index in [-0.39, 0.29) is 24.7 Å². The average molecular weight is 557 g/mol. The summed E-state index contributed by atoms with van der Waals surface area (Å²) < 4.78 is 13.9. The number of benzene rings is 1. The van der Waals surface area contributed by atoms with Crippen LogP contribution in [0.3, 0.4) is 0 Å². The number of nitriles is 1. The number of hydrogen-bond acceptors (Lipinski definition) is 6. The molecule has 0 fully saturated rings. The van der Waals surface area contributed by atoms with E-state index in [0.717, 1.165) is 22.6 Å². The highest BCUT2D eigenvalue weighted by Crippen LogP contribution is 2.22. The molecule has 2 aromatic heterocycles. The third kappa shape index (κ3) is 5.97. The maximum absolute atomic E-state index is 12.2. The first-order chi connectivity index (χ1) is 15.8. The summed E-state index contributed by atoms with van der Waals surface area (Å²) in [6, 6.07) is 14.1. The molecule has 2 heterocycles. The first-order valence-electron chi connectivity index (χ1n) is 10.1. The molecule has 8 nitrogen and oxygen atoms in total. The van der Waals surface area contributed by atoms with Gasteiger partial charge in [0.05, 0.1) is 12.8 Å². The lowest BCUT2D eigenvalue weighted by Crippen LogP contribution is -2.25. The molecule has 0 unspecified atom stereocenters. The molecule has 0 saturated carbocycles. The molecule has 9 heteroatoms. The number of ether oxygens (including phenoxy) is 2. The summed E-state index contributed by atoms with van der Waals surface area (Å²) in [7, 11) is 1.54. The molecule has 0 bridgehead atoms. The molecule has 170 valence electrons. The first kappa shape index (κ1) is 24.4. The van der Waals surface area contributed by atoms with E-state index in [4.69, 9.17) is 9.47 Å². The van der Waals surface area contributed by atoms with Crippen LogP contribution in [0.2, 0.25) is 0 Å². The molecule has 0 atom stereocenters. The molecule has 0 radical (unpaired) electrons. The minimum Gasteiger partial charge on any atom is -0.467 e. The van der Waals surface area contributed by atoms with Gasteiger partial charge in [0.15, 0.2) is 6.61 Å². The standard InChI is InChI=1S/C24H24IN5O3/c1-15-9-19(13-32-4)22(11-26)24(28-15)33-14-23(31)29-27-12-18-10-16(2)30(17(18)3)21-7-5-20(25)6-8-21/h5-10,12H,13-14H2,1-4H3,(H,29,31)/b27-12+. The van der Waals surface area contributed by atoms with Crippen LogP contribution in [0.25, 0.3) is 5.69 Å². The van der Waals surface area contributed by atoms with Crippen molar-refractivity contribution in [1.29, 1.82) is 5.26 Å². The predicted molar refractivity (Wildman–Crippen MR) is 134 cm³/mol. The van der Waals surface area contributed by atoms with E-state index in [0.29, 0.717) is 11.3 Å². The van der Waals surface area contributed by atoms with E-state index < -0.39 is 5.91 Å². The number of hydrogen-bond donors (Lipinski definition) is 1. The van der Waals surface area contributed by atoms with Crippen LogP contribution in [0.15, 0.2) is 41.5 Å². The van der Waals surface area contributed by atoms with Gasteiger partial charge in [-0.2, -0.15) is 10.4 Å². The Balaban J connectivity index is 1.65. The zero-order valence-corrected chi connectivity index (χ0v) is 21.0.